The van der Waals surface area contributed by atoms with Crippen LogP contribution in [-0.2, 0) is 33.3 Å². The molecule has 7 bridgehead atoms. The number of aliphatic hydroxyl groups is 2. The lowest BCUT2D eigenvalue weighted by molar-refractivity contribution is -0.320. The molecule has 1 heterocycles. The second kappa shape index (κ2) is 12.2. The van der Waals surface area contributed by atoms with E-state index in [9.17, 15) is 24.6 Å². The molecule has 1 saturated heterocycles. The van der Waals surface area contributed by atoms with Crippen molar-refractivity contribution < 1.29 is 48.3 Å². The number of rotatable bonds is 12. The number of hydrogen-bond acceptors (Lipinski definition) is 11. The number of anilines is 1. The molecule has 13 atom stereocenters. The van der Waals surface area contributed by atoms with Gasteiger partial charge in [-0.15, -0.1) is 0 Å². The molecule has 13 nitrogen and oxygen atoms in total. The van der Waals surface area contributed by atoms with Crippen LogP contribution < -0.4 is 11.1 Å². The fraction of sp³-hybridized carbons (Fsp3) is 0.750. The smallest absolute Gasteiger partial charge is 0.340 e. The van der Waals surface area contributed by atoms with Crippen LogP contribution in [0.1, 0.15) is 55.8 Å². The maximum atomic E-state index is 13.9. The van der Waals surface area contributed by atoms with Crippen LogP contribution >= 0.6 is 0 Å². The zero-order valence-corrected chi connectivity index (χ0v) is 29.1. The summed E-state index contributed by atoms with van der Waals surface area (Å²) >= 11 is 0. The average Bonchev–Trinajstić information content (AvgIpc) is 3.51. The quantitative estimate of drug-likeness (QED) is 0.233. The highest BCUT2D eigenvalue weighted by Crippen LogP contribution is 2.80. The Morgan fingerprint density at radius 3 is 2.45 bits per heavy atom. The molecule has 1 unspecified atom stereocenters. The van der Waals surface area contributed by atoms with Crippen molar-refractivity contribution in [2.75, 3.05) is 53.5 Å². The summed E-state index contributed by atoms with van der Waals surface area (Å²) in [6.07, 6.45) is 0.513. The number of carbonyl (C=O) groups is 3. The van der Waals surface area contributed by atoms with Gasteiger partial charge in [-0.2, -0.15) is 0 Å². The van der Waals surface area contributed by atoms with Crippen molar-refractivity contribution in [3.05, 3.63) is 29.8 Å². The zero-order valence-electron chi connectivity index (χ0n) is 29.1. The lowest BCUT2D eigenvalue weighted by atomic mass is 9.42. The van der Waals surface area contributed by atoms with E-state index in [-0.39, 0.29) is 79.1 Å². The molecule has 6 fully saturated rings. The van der Waals surface area contributed by atoms with Gasteiger partial charge in [0.25, 0.3) is 0 Å². The number of nitrogens with zero attached hydrogens (tertiary/aromatic N) is 1. The van der Waals surface area contributed by atoms with Crippen LogP contribution in [0.3, 0.4) is 0 Å². The van der Waals surface area contributed by atoms with Crippen LogP contribution in [-0.4, -0.2) is 123 Å². The number of methoxy groups -OCH3 is 4. The number of piperidine rings is 1. The predicted molar refractivity (Wildman–Crippen MR) is 175 cm³/mol. The predicted octanol–water partition coefficient (Wildman–Crippen LogP) is 1.34. The average molecular weight is 686 g/mol. The number of nitrogens with one attached hydrogen (secondary N) is 1. The fourth-order valence-electron chi connectivity index (χ4n) is 12.5. The van der Waals surface area contributed by atoms with E-state index in [0.29, 0.717) is 25.9 Å². The molecular formula is C36H51N3O10. The van der Waals surface area contributed by atoms with Crippen molar-refractivity contribution in [3.8, 4) is 0 Å². The number of likely N-dealkylation sites (N-methyl/N-ethyl adjacent to an activating group) is 1. The second-order valence-corrected chi connectivity index (χ2v) is 15.3. The molecule has 7 rings (SSSR count). The highest BCUT2D eigenvalue weighted by atomic mass is 16.5. The number of nitrogens with two attached hydrogens (primary N) is 1. The first-order valence-electron chi connectivity index (χ1n) is 17.6. The van der Waals surface area contributed by atoms with E-state index in [4.69, 9.17) is 29.4 Å². The van der Waals surface area contributed by atoms with Crippen molar-refractivity contribution in [2.24, 2.45) is 40.2 Å². The zero-order chi connectivity index (χ0) is 35.1. The SMILES string of the molecule is CCN1C[C@]2(COC(=O)c3ccccc3NC(=O)CCC(N)=O)CC[C@H](OC)[C@]34C1[C@@](O)([C@H](OC)[C@H]23)[C@@]1(O)C[C@H](OC)[C@@H]2C[C@@H]4[C@@H]1[C@H]2OC. The molecule has 270 valence electrons. The largest absolute Gasteiger partial charge is 0.461 e. The standard InChI is InChI=1S/C36H51N3O10/c1-6-39-17-33(18-49-31(42)19-9-7-8-10-22(19)38-26(41)12-11-25(37)40)14-13-24(46-3)35-21-15-20-23(45-2)16-34(43,27(21)28(20)47-4)36(44,32(35)39)30(48-5)29(33)35/h7-10,20-21,23-24,27-30,32,43-44H,6,11-18H2,1-5H3,(H2,37,40)(H,38,41)/t20-,21+,23-,24-,27+,28-,29+,30+,32?,33-,34+,35-,36-/m0/s1. The molecule has 5 saturated carbocycles. The Kier molecular flexibility index (Phi) is 8.69. The van der Waals surface area contributed by atoms with Gasteiger partial charge in [0.2, 0.25) is 11.8 Å². The molecule has 5 N–H and O–H groups in total. The number of primary amides is 1. The number of benzene rings is 1. The maximum absolute atomic E-state index is 13.9. The first-order chi connectivity index (χ1) is 23.4. The molecule has 1 aromatic rings. The van der Waals surface area contributed by atoms with Crippen molar-refractivity contribution >= 4 is 23.5 Å². The fourth-order valence-corrected chi connectivity index (χ4v) is 12.5. The van der Waals surface area contributed by atoms with E-state index in [0.717, 1.165) is 6.42 Å². The molecule has 1 spiro atoms. The van der Waals surface area contributed by atoms with E-state index in [1.807, 2.05) is 0 Å². The molecule has 49 heavy (non-hydrogen) atoms. The van der Waals surface area contributed by atoms with Crippen molar-refractivity contribution in [3.63, 3.8) is 0 Å². The molecule has 6 aliphatic rings. The Bertz CT molecular complexity index is 1490. The molecule has 0 aromatic heterocycles. The minimum absolute atomic E-state index is 0.0424. The van der Waals surface area contributed by atoms with Gasteiger partial charge in [-0.05, 0) is 43.9 Å². The van der Waals surface area contributed by atoms with E-state index in [1.165, 1.54) is 0 Å². The lowest BCUT2D eigenvalue weighted by Crippen LogP contribution is -2.82. The second-order valence-electron chi connectivity index (χ2n) is 15.3. The molecule has 5 aliphatic carbocycles. The minimum Gasteiger partial charge on any atom is -0.461 e. The number of ether oxygens (including phenoxy) is 5. The lowest BCUT2D eigenvalue weighted by Gasteiger charge is -2.70. The summed E-state index contributed by atoms with van der Waals surface area (Å²) < 4.78 is 31.3. The Labute approximate surface area is 287 Å². The number of likely N-dealkylation sites (tertiary alicyclic amines) is 1. The topological polar surface area (TPSA) is 179 Å². The Balaban J connectivity index is 1.29. The van der Waals surface area contributed by atoms with Gasteiger partial charge in [-0.1, -0.05) is 19.1 Å². The Hall–Kier alpha value is -2.65. The van der Waals surface area contributed by atoms with Gasteiger partial charge < -0.3 is 44.9 Å². The van der Waals surface area contributed by atoms with Gasteiger partial charge in [-0.3, -0.25) is 14.5 Å². The minimum atomic E-state index is -1.69. The number of para-hydroxylation sites is 1. The third-order valence-corrected chi connectivity index (χ3v) is 13.8. The van der Waals surface area contributed by atoms with Crippen LogP contribution in [0, 0.1) is 34.5 Å². The van der Waals surface area contributed by atoms with E-state index in [2.05, 4.69) is 17.1 Å². The summed E-state index contributed by atoms with van der Waals surface area (Å²) in [5.41, 5.74) is 1.14. The molecule has 1 aliphatic heterocycles. The van der Waals surface area contributed by atoms with E-state index in [1.54, 1.807) is 52.7 Å². The van der Waals surface area contributed by atoms with Crippen LogP contribution in [0.2, 0.25) is 0 Å². The maximum Gasteiger partial charge on any atom is 0.340 e. The molecular weight excluding hydrogens is 634 g/mol. The molecule has 2 amide bonds. The third kappa shape index (κ3) is 4.45. The van der Waals surface area contributed by atoms with Crippen molar-refractivity contribution in [1.29, 1.82) is 0 Å². The number of hydrogen-bond donors (Lipinski definition) is 4. The summed E-state index contributed by atoms with van der Waals surface area (Å²) in [6, 6.07) is 6.14. The van der Waals surface area contributed by atoms with Crippen molar-refractivity contribution in [1.82, 2.24) is 4.90 Å². The van der Waals surface area contributed by atoms with Crippen LogP contribution in [0.5, 0.6) is 0 Å². The summed E-state index contributed by atoms with van der Waals surface area (Å²) in [6.45, 7) is 3.25. The monoisotopic (exact) mass is 685 g/mol. The van der Waals surface area contributed by atoms with Gasteiger partial charge in [-0.25, -0.2) is 4.79 Å². The first-order valence-corrected chi connectivity index (χ1v) is 17.6. The summed E-state index contributed by atoms with van der Waals surface area (Å²) in [7, 11) is 6.68. The van der Waals surface area contributed by atoms with Gasteiger partial charge >= 0.3 is 5.97 Å². The number of fused-ring (bicyclic) bond motifs is 2. The van der Waals surface area contributed by atoms with Gasteiger partial charge in [0.15, 0.2) is 0 Å². The normalized spacial score (nSPS) is 44.4. The van der Waals surface area contributed by atoms with Crippen LogP contribution in [0.25, 0.3) is 0 Å². The molecule has 0 radical (unpaired) electrons. The van der Waals surface area contributed by atoms with Gasteiger partial charge in [0, 0.05) is 82.8 Å². The third-order valence-electron chi connectivity index (χ3n) is 13.8. The van der Waals surface area contributed by atoms with E-state index < -0.39 is 52.0 Å². The molecule has 13 heteroatoms. The van der Waals surface area contributed by atoms with Crippen LogP contribution in [0.4, 0.5) is 5.69 Å². The number of amides is 2. The number of esters is 1. The highest BCUT2D eigenvalue weighted by molar-refractivity contribution is 6.01. The summed E-state index contributed by atoms with van der Waals surface area (Å²) in [4.78, 5) is 39.9. The van der Waals surface area contributed by atoms with Crippen molar-refractivity contribution in [2.45, 2.75) is 87.1 Å². The Morgan fingerprint density at radius 1 is 1.04 bits per heavy atom. The van der Waals surface area contributed by atoms with E-state index >= 15 is 0 Å². The summed E-state index contributed by atoms with van der Waals surface area (Å²) in [5, 5.41) is 29.2. The van der Waals surface area contributed by atoms with Gasteiger partial charge in [0.05, 0.1) is 48.3 Å². The van der Waals surface area contributed by atoms with Gasteiger partial charge in [0.1, 0.15) is 11.2 Å². The molecule has 1 aromatic carbocycles. The summed E-state index contributed by atoms with van der Waals surface area (Å²) in [5.74, 6) is -2.33. The Morgan fingerprint density at radius 2 is 1.80 bits per heavy atom. The highest BCUT2D eigenvalue weighted by Gasteiger charge is 2.91. The number of carbonyl (C=O) groups excluding carboxylic acids is 3. The first kappa shape index (κ1) is 34.8. The van der Waals surface area contributed by atoms with Crippen LogP contribution in [0.15, 0.2) is 24.3 Å².